The van der Waals surface area contributed by atoms with Crippen LogP contribution in [0.4, 0.5) is 10.8 Å². The van der Waals surface area contributed by atoms with Crippen molar-refractivity contribution in [2.24, 2.45) is 0 Å². The van der Waals surface area contributed by atoms with Crippen molar-refractivity contribution < 1.29 is 0 Å². The largest absolute Gasteiger partial charge is 0.331 e. The summed E-state index contributed by atoms with van der Waals surface area (Å²) in [5, 5.41) is 6.33. The van der Waals surface area contributed by atoms with Gasteiger partial charge >= 0.3 is 0 Å². The average molecular weight is 304 g/mol. The van der Waals surface area contributed by atoms with E-state index in [0.717, 1.165) is 15.3 Å². The van der Waals surface area contributed by atoms with Crippen LogP contribution in [0.15, 0.2) is 28.1 Å². The first-order chi connectivity index (χ1) is 7.13. The van der Waals surface area contributed by atoms with E-state index in [-0.39, 0.29) is 0 Å². The van der Waals surface area contributed by atoms with Crippen LogP contribution in [0.5, 0.6) is 0 Å². The van der Waals surface area contributed by atoms with E-state index in [1.807, 2.05) is 13.0 Å². The summed E-state index contributed by atoms with van der Waals surface area (Å²) >= 11 is 10.7. The summed E-state index contributed by atoms with van der Waals surface area (Å²) in [7, 11) is 0. The topological polar surface area (TPSA) is 24.9 Å². The third-order valence-corrected chi connectivity index (χ3v) is 3.31. The van der Waals surface area contributed by atoms with Crippen LogP contribution >= 0.6 is 38.9 Å². The van der Waals surface area contributed by atoms with E-state index in [4.69, 9.17) is 11.6 Å². The molecule has 15 heavy (non-hydrogen) atoms. The van der Waals surface area contributed by atoms with Crippen molar-refractivity contribution >= 4 is 49.7 Å². The fourth-order valence-corrected chi connectivity index (χ4v) is 2.71. The van der Waals surface area contributed by atoms with Crippen molar-refractivity contribution in [3.05, 3.63) is 38.8 Å². The number of nitrogens with one attached hydrogen (secondary N) is 1. The Hall–Kier alpha value is -0.580. The lowest BCUT2D eigenvalue weighted by Gasteiger charge is -2.04. The molecule has 78 valence electrons. The summed E-state index contributed by atoms with van der Waals surface area (Å²) in [6.45, 7) is 2.05. The van der Waals surface area contributed by atoms with Crippen LogP contribution in [-0.2, 0) is 0 Å². The van der Waals surface area contributed by atoms with E-state index in [1.54, 1.807) is 5.38 Å². The van der Waals surface area contributed by atoms with Crippen LogP contribution in [0.3, 0.4) is 0 Å². The number of aromatic nitrogens is 1. The van der Waals surface area contributed by atoms with Gasteiger partial charge in [-0.2, -0.15) is 0 Å². The minimum atomic E-state index is 0.522. The smallest absolute Gasteiger partial charge is 0.188 e. The average Bonchev–Trinajstić information content (AvgIpc) is 2.49. The lowest BCUT2D eigenvalue weighted by atomic mass is 10.2. The van der Waals surface area contributed by atoms with E-state index < -0.39 is 0 Å². The fourth-order valence-electron chi connectivity index (χ4n) is 1.24. The predicted octanol–water partition coefficient (Wildman–Crippen LogP) is 4.61. The predicted molar refractivity (Wildman–Crippen MR) is 69.3 cm³/mol. The van der Waals surface area contributed by atoms with Crippen LogP contribution in [0.25, 0.3) is 0 Å². The summed E-state index contributed by atoms with van der Waals surface area (Å²) in [5.41, 5.74) is 2.20. The minimum Gasteiger partial charge on any atom is -0.331 e. The molecule has 1 aromatic heterocycles. The lowest BCUT2D eigenvalue weighted by Crippen LogP contribution is -1.89. The number of benzene rings is 1. The second-order valence-electron chi connectivity index (χ2n) is 3.12. The van der Waals surface area contributed by atoms with Gasteiger partial charge in [0.15, 0.2) is 5.13 Å². The molecule has 0 bridgehead atoms. The molecule has 5 heteroatoms. The molecule has 0 amide bonds. The van der Waals surface area contributed by atoms with Gasteiger partial charge in [0.25, 0.3) is 0 Å². The van der Waals surface area contributed by atoms with Gasteiger partial charge in [-0.15, -0.1) is 11.3 Å². The van der Waals surface area contributed by atoms with Gasteiger partial charge < -0.3 is 5.32 Å². The number of aryl methyl sites for hydroxylation is 1. The molecule has 2 aromatic rings. The molecule has 0 radical (unpaired) electrons. The number of hydrogen-bond donors (Lipinski definition) is 1. The van der Waals surface area contributed by atoms with E-state index in [2.05, 4.69) is 38.4 Å². The third kappa shape index (κ3) is 2.93. The maximum Gasteiger partial charge on any atom is 0.188 e. The summed E-state index contributed by atoms with van der Waals surface area (Å²) in [4.78, 5) is 4.12. The van der Waals surface area contributed by atoms with Crippen LogP contribution in [0.1, 0.15) is 5.56 Å². The first kappa shape index (κ1) is 10.9. The van der Waals surface area contributed by atoms with Crippen LogP contribution < -0.4 is 5.32 Å². The molecule has 0 saturated heterocycles. The zero-order valence-corrected chi connectivity index (χ0v) is 11.1. The highest BCUT2D eigenvalue weighted by atomic mass is 79.9. The maximum atomic E-state index is 5.74. The molecule has 0 unspecified atom stereocenters. The van der Waals surface area contributed by atoms with Gasteiger partial charge in [-0.25, -0.2) is 4.98 Å². The highest BCUT2D eigenvalue weighted by Gasteiger charge is 2.01. The summed E-state index contributed by atoms with van der Waals surface area (Å²) in [5.74, 6) is 0. The number of halogens is 2. The Balaban J connectivity index is 2.24. The molecule has 0 aliphatic heterocycles. The third-order valence-electron chi connectivity index (χ3n) is 1.77. The van der Waals surface area contributed by atoms with Gasteiger partial charge in [0.05, 0.1) is 0 Å². The molecular formula is C10H8BrClN2S. The fraction of sp³-hybridized carbons (Fsp3) is 0.100. The second kappa shape index (κ2) is 4.51. The van der Waals surface area contributed by atoms with Gasteiger partial charge in [0, 0.05) is 15.5 Å². The number of anilines is 2. The van der Waals surface area contributed by atoms with Crippen molar-refractivity contribution in [3.8, 4) is 0 Å². The number of thiazole rings is 1. The second-order valence-corrected chi connectivity index (χ2v) is 5.28. The maximum absolute atomic E-state index is 5.74. The van der Waals surface area contributed by atoms with Gasteiger partial charge in [-0.3, -0.25) is 0 Å². The molecule has 0 atom stereocenters. The highest BCUT2D eigenvalue weighted by Crippen LogP contribution is 2.25. The Bertz CT molecular complexity index is 464. The monoisotopic (exact) mass is 302 g/mol. The van der Waals surface area contributed by atoms with Crippen LogP contribution in [0, 0.1) is 6.92 Å². The Morgan fingerprint density at radius 3 is 2.80 bits per heavy atom. The molecule has 2 rings (SSSR count). The SMILES string of the molecule is Cc1cc(Br)cc(Nc2nc(Cl)cs2)c1. The molecule has 0 aliphatic carbocycles. The van der Waals surface area contributed by atoms with E-state index in [0.29, 0.717) is 5.15 Å². The zero-order chi connectivity index (χ0) is 10.8. The zero-order valence-electron chi connectivity index (χ0n) is 7.92. The first-order valence-corrected chi connectivity index (χ1v) is 6.34. The molecule has 0 spiro atoms. The molecule has 1 heterocycles. The number of rotatable bonds is 2. The van der Waals surface area contributed by atoms with Crippen molar-refractivity contribution in [2.75, 3.05) is 5.32 Å². The number of hydrogen-bond acceptors (Lipinski definition) is 3. The molecular weight excluding hydrogens is 296 g/mol. The molecule has 1 aromatic carbocycles. The molecule has 2 nitrogen and oxygen atoms in total. The van der Waals surface area contributed by atoms with E-state index in [9.17, 15) is 0 Å². The number of nitrogens with zero attached hydrogens (tertiary/aromatic N) is 1. The summed E-state index contributed by atoms with van der Waals surface area (Å²) in [6, 6.07) is 6.11. The minimum absolute atomic E-state index is 0.522. The Morgan fingerprint density at radius 1 is 1.40 bits per heavy atom. The van der Waals surface area contributed by atoms with Crippen LogP contribution in [0.2, 0.25) is 5.15 Å². The van der Waals surface area contributed by atoms with Crippen molar-refractivity contribution in [3.63, 3.8) is 0 Å². The quantitative estimate of drug-likeness (QED) is 0.876. The van der Waals surface area contributed by atoms with E-state index in [1.165, 1.54) is 16.9 Å². The molecule has 0 fully saturated rings. The standard InChI is InChI=1S/C10H8BrClN2S/c1-6-2-7(11)4-8(3-6)13-10-14-9(12)5-15-10/h2-5H,1H3,(H,13,14). The van der Waals surface area contributed by atoms with Crippen LogP contribution in [-0.4, -0.2) is 4.98 Å². The van der Waals surface area contributed by atoms with Gasteiger partial charge in [-0.1, -0.05) is 27.5 Å². The van der Waals surface area contributed by atoms with Crippen molar-refractivity contribution in [1.29, 1.82) is 0 Å². The van der Waals surface area contributed by atoms with Crippen molar-refractivity contribution in [2.45, 2.75) is 6.92 Å². The highest BCUT2D eigenvalue weighted by molar-refractivity contribution is 9.10. The first-order valence-electron chi connectivity index (χ1n) is 4.29. The Labute approximate surface area is 105 Å². The molecule has 0 saturated carbocycles. The molecule has 0 aliphatic rings. The Kier molecular flexibility index (Phi) is 3.29. The lowest BCUT2D eigenvalue weighted by molar-refractivity contribution is 1.37. The van der Waals surface area contributed by atoms with Gasteiger partial charge in [0.2, 0.25) is 0 Å². The van der Waals surface area contributed by atoms with E-state index >= 15 is 0 Å². The normalized spacial score (nSPS) is 10.3. The Morgan fingerprint density at radius 2 is 2.20 bits per heavy atom. The molecule has 1 N–H and O–H groups in total. The van der Waals surface area contributed by atoms with Gasteiger partial charge in [-0.05, 0) is 30.7 Å². The van der Waals surface area contributed by atoms with Crippen molar-refractivity contribution in [1.82, 2.24) is 4.98 Å². The summed E-state index contributed by atoms with van der Waals surface area (Å²) < 4.78 is 1.05. The van der Waals surface area contributed by atoms with Gasteiger partial charge in [0.1, 0.15) is 5.15 Å². The summed E-state index contributed by atoms with van der Waals surface area (Å²) in [6.07, 6.45) is 0.